The molecule has 0 saturated heterocycles. The van der Waals surface area contributed by atoms with Crippen LogP contribution in [0.25, 0.3) is 0 Å². The van der Waals surface area contributed by atoms with Crippen LogP contribution in [0.5, 0.6) is 0 Å². The van der Waals surface area contributed by atoms with Crippen LogP contribution in [-0.4, -0.2) is 32.3 Å². The van der Waals surface area contributed by atoms with E-state index in [-0.39, 0.29) is 12.2 Å². The van der Waals surface area contributed by atoms with Crippen molar-refractivity contribution in [2.24, 2.45) is 11.8 Å². The molecule has 26 heavy (non-hydrogen) atoms. The molecule has 3 atom stereocenters. The Kier molecular flexibility index (Phi) is 7.86. The van der Waals surface area contributed by atoms with Gasteiger partial charge < -0.3 is 10.2 Å². The molecule has 0 amide bonds. The summed E-state index contributed by atoms with van der Waals surface area (Å²) in [7, 11) is 0. The Morgan fingerprint density at radius 1 is 1.08 bits per heavy atom. The highest BCUT2D eigenvalue weighted by molar-refractivity contribution is 9.10. The van der Waals surface area contributed by atoms with Crippen LogP contribution >= 0.6 is 15.9 Å². The average Bonchev–Trinajstić information content (AvgIpc) is 3.12. The number of carbonyl (C=O) groups is 3. The Balaban J connectivity index is 1.80. The standard InChI is InChI=1S/C20H29BrO5/c21-20(19(25)26)12-15(16(13-20)8-3-4-11-18(23)24)7-2-1-6-14-9-5-10-17(14)22/h9,15-16H,1-8,10-13H2,(H,23,24)(H,25,26). The summed E-state index contributed by atoms with van der Waals surface area (Å²) in [6.07, 6.45) is 11.2. The Labute approximate surface area is 163 Å². The second-order valence-electron chi connectivity index (χ2n) is 7.78. The molecular weight excluding hydrogens is 400 g/mol. The molecule has 5 nitrogen and oxygen atoms in total. The van der Waals surface area contributed by atoms with Crippen molar-refractivity contribution in [2.75, 3.05) is 0 Å². The van der Waals surface area contributed by atoms with Gasteiger partial charge in [0, 0.05) is 12.8 Å². The second-order valence-corrected chi connectivity index (χ2v) is 9.29. The third kappa shape index (κ3) is 5.93. The van der Waals surface area contributed by atoms with Crippen molar-refractivity contribution < 1.29 is 24.6 Å². The van der Waals surface area contributed by atoms with Crippen molar-refractivity contribution in [3.8, 4) is 0 Å². The van der Waals surface area contributed by atoms with Crippen LogP contribution in [-0.2, 0) is 14.4 Å². The van der Waals surface area contributed by atoms with Gasteiger partial charge in [0.1, 0.15) is 4.32 Å². The Morgan fingerprint density at radius 3 is 2.19 bits per heavy atom. The van der Waals surface area contributed by atoms with Gasteiger partial charge in [0.05, 0.1) is 0 Å². The number of halogens is 1. The minimum absolute atomic E-state index is 0.179. The molecule has 0 radical (unpaired) electrons. The van der Waals surface area contributed by atoms with Crippen molar-refractivity contribution >= 4 is 33.7 Å². The first-order chi connectivity index (χ1) is 12.3. The molecule has 0 aromatic carbocycles. The van der Waals surface area contributed by atoms with E-state index in [1.54, 1.807) is 0 Å². The van der Waals surface area contributed by atoms with Crippen LogP contribution in [0.2, 0.25) is 0 Å². The number of ketones is 1. The number of hydrogen-bond donors (Lipinski definition) is 2. The first kappa shape index (κ1) is 21.1. The van der Waals surface area contributed by atoms with Crippen molar-refractivity contribution in [3.63, 3.8) is 0 Å². The highest BCUT2D eigenvalue weighted by Crippen LogP contribution is 2.49. The summed E-state index contributed by atoms with van der Waals surface area (Å²) in [5.74, 6) is -0.607. The smallest absolute Gasteiger partial charge is 0.320 e. The Morgan fingerprint density at radius 2 is 1.69 bits per heavy atom. The van der Waals surface area contributed by atoms with Gasteiger partial charge in [-0.25, -0.2) is 0 Å². The monoisotopic (exact) mass is 428 g/mol. The van der Waals surface area contributed by atoms with E-state index < -0.39 is 16.3 Å². The quantitative estimate of drug-likeness (QED) is 0.366. The zero-order valence-corrected chi connectivity index (χ0v) is 16.8. The zero-order chi connectivity index (χ0) is 19.2. The van der Waals surface area contributed by atoms with E-state index in [9.17, 15) is 19.5 Å². The summed E-state index contributed by atoms with van der Waals surface area (Å²) in [6, 6.07) is 0. The van der Waals surface area contributed by atoms with Crippen LogP contribution in [0.4, 0.5) is 0 Å². The number of hydrogen-bond acceptors (Lipinski definition) is 3. The molecular formula is C20H29BrO5. The molecule has 0 bridgehead atoms. The van der Waals surface area contributed by atoms with E-state index in [0.29, 0.717) is 37.5 Å². The Bertz CT molecular complexity index is 571. The van der Waals surface area contributed by atoms with Crippen LogP contribution in [0.3, 0.4) is 0 Å². The fourth-order valence-corrected chi connectivity index (χ4v) is 5.23. The third-order valence-corrected chi connectivity index (χ3v) is 6.81. The van der Waals surface area contributed by atoms with Gasteiger partial charge in [0.2, 0.25) is 0 Å². The SMILES string of the molecule is O=C(O)CCCCC1CC(Br)(C(=O)O)CC1CCCCC1=CCCC1=O. The van der Waals surface area contributed by atoms with E-state index in [2.05, 4.69) is 22.0 Å². The second kappa shape index (κ2) is 9.67. The van der Waals surface area contributed by atoms with Gasteiger partial charge in [-0.1, -0.05) is 47.7 Å². The van der Waals surface area contributed by atoms with Gasteiger partial charge in [0.25, 0.3) is 0 Å². The molecule has 0 spiro atoms. The molecule has 0 heterocycles. The lowest BCUT2D eigenvalue weighted by Crippen LogP contribution is -2.28. The number of carbonyl (C=O) groups excluding carboxylic acids is 1. The topological polar surface area (TPSA) is 91.7 Å². The summed E-state index contributed by atoms with van der Waals surface area (Å²) in [5, 5.41) is 18.3. The maximum absolute atomic E-state index is 11.6. The maximum atomic E-state index is 11.6. The minimum Gasteiger partial charge on any atom is -0.481 e. The molecule has 0 aromatic rings. The van der Waals surface area contributed by atoms with Gasteiger partial charge in [-0.3, -0.25) is 14.4 Å². The summed E-state index contributed by atoms with van der Waals surface area (Å²) >= 11 is 3.45. The third-order valence-electron chi connectivity index (χ3n) is 5.83. The van der Waals surface area contributed by atoms with Gasteiger partial charge in [0.15, 0.2) is 5.78 Å². The molecule has 0 aliphatic heterocycles. The zero-order valence-electron chi connectivity index (χ0n) is 15.2. The molecule has 1 fully saturated rings. The Hall–Kier alpha value is -1.17. The van der Waals surface area contributed by atoms with Crippen LogP contribution < -0.4 is 0 Å². The van der Waals surface area contributed by atoms with Crippen molar-refractivity contribution in [3.05, 3.63) is 11.6 Å². The largest absolute Gasteiger partial charge is 0.481 e. The predicted molar refractivity (Wildman–Crippen MR) is 102 cm³/mol. The number of carboxylic acids is 2. The van der Waals surface area contributed by atoms with Crippen LogP contribution in [0.1, 0.15) is 77.0 Å². The number of rotatable bonds is 11. The number of alkyl halides is 1. The highest BCUT2D eigenvalue weighted by atomic mass is 79.9. The summed E-state index contributed by atoms with van der Waals surface area (Å²) in [4.78, 5) is 33.9. The van der Waals surface area contributed by atoms with E-state index >= 15 is 0 Å². The van der Waals surface area contributed by atoms with Crippen molar-refractivity contribution in [1.82, 2.24) is 0 Å². The lowest BCUT2D eigenvalue weighted by molar-refractivity contribution is -0.139. The van der Waals surface area contributed by atoms with E-state index in [0.717, 1.165) is 50.5 Å². The summed E-state index contributed by atoms with van der Waals surface area (Å²) in [5.41, 5.74) is 0.974. The van der Waals surface area contributed by atoms with Crippen LogP contribution in [0.15, 0.2) is 11.6 Å². The molecule has 146 valence electrons. The van der Waals surface area contributed by atoms with Gasteiger partial charge in [-0.15, -0.1) is 0 Å². The summed E-state index contributed by atoms with van der Waals surface area (Å²) in [6.45, 7) is 0. The average molecular weight is 429 g/mol. The van der Waals surface area contributed by atoms with E-state index in [1.165, 1.54) is 0 Å². The molecule has 2 rings (SSSR count). The summed E-state index contributed by atoms with van der Waals surface area (Å²) < 4.78 is -0.834. The first-order valence-corrected chi connectivity index (χ1v) is 10.5. The number of allylic oxidation sites excluding steroid dienone is 2. The molecule has 0 aromatic heterocycles. The van der Waals surface area contributed by atoms with Crippen LogP contribution in [0, 0.1) is 11.8 Å². The lowest BCUT2D eigenvalue weighted by atomic mass is 9.86. The van der Waals surface area contributed by atoms with E-state index in [1.807, 2.05) is 0 Å². The number of Topliss-reactive ketones (excluding diaryl/α,β-unsaturated/α-hetero) is 1. The minimum atomic E-state index is -0.834. The van der Waals surface area contributed by atoms with Gasteiger partial charge in [-0.2, -0.15) is 0 Å². The molecule has 2 N–H and O–H groups in total. The number of unbranched alkanes of at least 4 members (excludes halogenated alkanes) is 2. The normalized spacial score (nSPS) is 28.3. The van der Waals surface area contributed by atoms with Crippen molar-refractivity contribution in [1.29, 1.82) is 0 Å². The fourth-order valence-electron chi connectivity index (χ4n) is 4.40. The molecule has 2 aliphatic rings. The maximum Gasteiger partial charge on any atom is 0.320 e. The fraction of sp³-hybridized carbons (Fsp3) is 0.750. The predicted octanol–water partition coefficient (Wildman–Crippen LogP) is 4.73. The molecule has 1 saturated carbocycles. The molecule has 3 unspecified atom stereocenters. The van der Waals surface area contributed by atoms with Gasteiger partial charge >= 0.3 is 11.9 Å². The number of aliphatic carboxylic acids is 2. The van der Waals surface area contributed by atoms with Gasteiger partial charge in [-0.05, 0) is 55.9 Å². The first-order valence-electron chi connectivity index (χ1n) is 9.68. The molecule has 6 heteroatoms. The lowest BCUT2D eigenvalue weighted by Gasteiger charge is -2.19. The highest BCUT2D eigenvalue weighted by Gasteiger charge is 2.48. The van der Waals surface area contributed by atoms with Crippen molar-refractivity contribution in [2.45, 2.75) is 81.4 Å². The molecule has 2 aliphatic carbocycles. The van der Waals surface area contributed by atoms with E-state index in [4.69, 9.17) is 5.11 Å². The number of carboxylic acid groups (broad SMARTS) is 2.